The van der Waals surface area contributed by atoms with Crippen LogP contribution in [0.2, 0.25) is 0 Å². The summed E-state index contributed by atoms with van der Waals surface area (Å²) in [6, 6.07) is 3.39. The highest BCUT2D eigenvalue weighted by atomic mass is 15.3. The van der Waals surface area contributed by atoms with Crippen LogP contribution in [0.3, 0.4) is 0 Å². The minimum Gasteiger partial charge on any atom is -0.311 e. The fourth-order valence-electron chi connectivity index (χ4n) is 2.64. The predicted molar refractivity (Wildman–Crippen MR) is 74.4 cm³/mol. The molecule has 1 N–H and O–H groups in total. The summed E-state index contributed by atoms with van der Waals surface area (Å²) in [6.07, 6.45) is 0. The van der Waals surface area contributed by atoms with E-state index >= 15 is 0 Å². The van der Waals surface area contributed by atoms with E-state index in [1.165, 1.54) is 5.69 Å². The molecule has 4 heteroatoms. The number of hydrogen-bond acceptors (Lipinski definition) is 3. The van der Waals surface area contributed by atoms with Gasteiger partial charge in [-0.05, 0) is 25.8 Å². The fourth-order valence-corrected chi connectivity index (χ4v) is 2.64. The number of hydrogen-bond donors (Lipinski definition) is 1. The van der Waals surface area contributed by atoms with Crippen molar-refractivity contribution in [2.24, 2.45) is 13.0 Å². The van der Waals surface area contributed by atoms with Crippen molar-refractivity contribution in [1.82, 2.24) is 20.0 Å². The highest BCUT2D eigenvalue weighted by Gasteiger charge is 2.27. The maximum Gasteiger partial charge on any atom is 0.0597 e. The average molecular weight is 250 g/mol. The van der Waals surface area contributed by atoms with Gasteiger partial charge in [0.25, 0.3) is 0 Å². The van der Waals surface area contributed by atoms with E-state index in [2.05, 4.69) is 49.1 Å². The quantitative estimate of drug-likeness (QED) is 0.883. The van der Waals surface area contributed by atoms with Crippen molar-refractivity contribution >= 4 is 0 Å². The van der Waals surface area contributed by atoms with E-state index in [0.29, 0.717) is 18.0 Å². The molecule has 18 heavy (non-hydrogen) atoms. The maximum atomic E-state index is 4.43. The molecule has 2 unspecified atom stereocenters. The Bertz CT molecular complexity index is 396. The van der Waals surface area contributed by atoms with Gasteiger partial charge in [0.2, 0.25) is 0 Å². The monoisotopic (exact) mass is 250 g/mol. The molecule has 0 bridgehead atoms. The molecular weight excluding hydrogens is 224 g/mol. The summed E-state index contributed by atoms with van der Waals surface area (Å²) in [6.45, 7) is 12.2. The predicted octanol–water partition coefficient (Wildman–Crippen LogP) is 1.55. The molecule has 1 aliphatic rings. The third-order valence-electron chi connectivity index (χ3n) is 4.00. The normalized spacial score (nSPS) is 25.9. The minimum absolute atomic E-state index is 0.593. The Labute approximate surface area is 110 Å². The van der Waals surface area contributed by atoms with Crippen molar-refractivity contribution in [3.05, 3.63) is 17.5 Å². The van der Waals surface area contributed by atoms with E-state index in [1.807, 2.05) is 11.7 Å². The lowest BCUT2D eigenvalue weighted by molar-refractivity contribution is 0.113. The lowest BCUT2D eigenvalue weighted by atomic mass is 9.99. The van der Waals surface area contributed by atoms with Crippen LogP contribution in [0.25, 0.3) is 0 Å². The van der Waals surface area contributed by atoms with E-state index in [0.717, 1.165) is 25.3 Å². The van der Waals surface area contributed by atoms with Crippen LogP contribution in [0, 0.1) is 12.8 Å². The van der Waals surface area contributed by atoms with Gasteiger partial charge in [-0.3, -0.25) is 9.58 Å². The second-order valence-electron chi connectivity index (χ2n) is 5.94. The summed E-state index contributed by atoms with van der Waals surface area (Å²) < 4.78 is 2.01. The number of nitrogens with zero attached hydrogens (tertiary/aromatic N) is 3. The summed E-state index contributed by atoms with van der Waals surface area (Å²) in [5, 5.41) is 8.07. The zero-order valence-corrected chi connectivity index (χ0v) is 12.3. The number of aryl methyl sites for hydroxylation is 2. The molecular formula is C14H26N4. The molecule has 1 aliphatic heterocycles. The van der Waals surface area contributed by atoms with E-state index < -0.39 is 0 Å². The highest BCUT2D eigenvalue weighted by molar-refractivity contribution is 5.09. The maximum absolute atomic E-state index is 4.43. The second kappa shape index (κ2) is 5.41. The van der Waals surface area contributed by atoms with Crippen molar-refractivity contribution in [3.63, 3.8) is 0 Å². The summed E-state index contributed by atoms with van der Waals surface area (Å²) in [5.74, 6) is 0.688. The largest absolute Gasteiger partial charge is 0.311 e. The topological polar surface area (TPSA) is 33.1 Å². The molecule has 2 atom stereocenters. The average Bonchev–Trinajstić information content (AvgIpc) is 2.60. The Morgan fingerprint density at radius 2 is 2.22 bits per heavy atom. The molecule has 1 saturated heterocycles. The van der Waals surface area contributed by atoms with Gasteiger partial charge in [0.05, 0.1) is 11.4 Å². The van der Waals surface area contributed by atoms with Crippen LogP contribution in [-0.2, 0) is 13.6 Å². The van der Waals surface area contributed by atoms with Gasteiger partial charge in [-0.25, -0.2) is 0 Å². The van der Waals surface area contributed by atoms with Gasteiger partial charge < -0.3 is 5.32 Å². The molecule has 0 spiro atoms. The van der Waals surface area contributed by atoms with E-state index in [1.54, 1.807) is 0 Å². The van der Waals surface area contributed by atoms with E-state index in [-0.39, 0.29) is 0 Å². The molecule has 2 rings (SSSR count). The first-order valence-electron chi connectivity index (χ1n) is 6.94. The van der Waals surface area contributed by atoms with Crippen LogP contribution in [0.5, 0.6) is 0 Å². The zero-order chi connectivity index (χ0) is 13.3. The molecule has 1 fully saturated rings. The molecule has 0 radical (unpaired) electrons. The minimum atomic E-state index is 0.593. The molecule has 2 heterocycles. The molecule has 0 saturated carbocycles. The third kappa shape index (κ3) is 2.93. The number of piperazine rings is 1. The van der Waals surface area contributed by atoms with Gasteiger partial charge in [-0.2, -0.15) is 5.10 Å². The molecule has 1 aromatic heterocycles. The van der Waals surface area contributed by atoms with Gasteiger partial charge in [0, 0.05) is 38.8 Å². The van der Waals surface area contributed by atoms with Crippen molar-refractivity contribution in [1.29, 1.82) is 0 Å². The Hall–Kier alpha value is -0.870. The first-order chi connectivity index (χ1) is 8.47. The van der Waals surface area contributed by atoms with Gasteiger partial charge in [-0.1, -0.05) is 13.8 Å². The Morgan fingerprint density at radius 3 is 2.78 bits per heavy atom. The second-order valence-corrected chi connectivity index (χ2v) is 5.94. The molecule has 0 amide bonds. The first-order valence-corrected chi connectivity index (χ1v) is 6.94. The van der Waals surface area contributed by atoms with Crippen molar-refractivity contribution < 1.29 is 0 Å². The molecule has 0 aliphatic carbocycles. The third-order valence-corrected chi connectivity index (χ3v) is 4.00. The van der Waals surface area contributed by atoms with Crippen molar-refractivity contribution in [2.75, 3.05) is 13.1 Å². The molecule has 102 valence electrons. The van der Waals surface area contributed by atoms with Crippen molar-refractivity contribution in [2.45, 2.75) is 46.3 Å². The first kappa shape index (κ1) is 13.6. The summed E-state index contributed by atoms with van der Waals surface area (Å²) in [4.78, 5) is 2.57. The molecule has 1 aromatic rings. The molecule has 4 nitrogen and oxygen atoms in total. The van der Waals surface area contributed by atoms with Gasteiger partial charge in [0.1, 0.15) is 0 Å². The fraction of sp³-hybridized carbons (Fsp3) is 0.786. The Kier molecular flexibility index (Phi) is 4.07. The lowest BCUT2D eigenvalue weighted by Crippen LogP contribution is -2.56. The Balaban J connectivity index is 2.04. The van der Waals surface area contributed by atoms with Crippen LogP contribution in [0.1, 0.15) is 32.2 Å². The number of rotatable bonds is 3. The summed E-state index contributed by atoms with van der Waals surface area (Å²) in [7, 11) is 2.04. The van der Waals surface area contributed by atoms with E-state index in [9.17, 15) is 0 Å². The van der Waals surface area contributed by atoms with Crippen molar-refractivity contribution in [3.8, 4) is 0 Å². The number of aromatic nitrogens is 2. The van der Waals surface area contributed by atoms with E-state index in [4.69, 9.17) is 0 Å². The standard InChI is InChI=1S/C14H26N4/c1-10(2)14-9-18(12(4)7-15-14)8-13-6-11(3)16-17(13)5/h6,10,12,14-15H,7-9H2,1-5H3. The van der Waals surface area contributed by atoms with Crippen LogP contribution in [0.4, 0.5) is 0 Å². The lowest BCUT2D eigenvalue weighted by Gasteiger charge is -2.40. The Morgan fingerprint density at radius 1 is 1.50 bits per heavy atom. The zero-order valence-electron chi connectivity index (χ0n) is 12.3. The smallest absolute Gasteiger partial charge is 0.0597 e. The van der Waals surface area contributed by atoms with Crippen LogP contribution in [0.15, 0.2) is 6.07 Å². The highest BCUT2D eigenvalue weighted by Crippen LogP contribution is 2.16. The number of nitrogens with one attached hydrogen (secondary N) is 1. The van der Waals surface area contributed by atoms with Crippen LogP contribution < -0.4 is 5.32 Å². The summed E-state index contributed by atoms with van der Waals surface area (Å²) >= 11 is 0. The van der Waals surface area contributed by atoms with Gasteiger partial charge in [0.15, 0.2) is 0 Å². The SMILES string of the molecule is Cc1cc(CN2CC(C(C)C)NCC2C)n(C)n1. The van der Waals surface area contributed by atoms with Gasteiger partial charge in [-0.15, -0.1) is 0 Å². The van der Waals surface area contributed by atoms with Crippen LogP contribution in [-0.4, -0.2) is 39.9 Å². The van der Waals surface area contributed by atoms with Crippen LogP contribution >= 0.6 is 0 Å². The molecule has 0 aromatic carbocycles. The summed E-state index contributed by atoms with van der Waals surface area (Å²) in [5.41, 5.74) is 2.42. The van der Waals surface area contributed by atoms with Gasteiger partial charge >= 0.3 is 0 Å².